The summed E-state index contributed by atoms with van der Waals surface area (Å²) in [7, 11) is 3.38. The molecule has 0 atom stereocenters. The molecule has 0 aromatic carbocycles. The van der Waals surface area contributed by atoms with Crippen LogP contribution in [-0.2, 0) is 20.1 Å². The molecule has 4 nitrogen and oxygen atoms in total. The maximum absolute atomic E-state index is 9.04. The number of nitrogens with zero attached hydrogens (tertiary/aromatic N) is 2. The van der Waals surface area contributed by atoms with E-state index in [4.69, 9.17) is 9.84 Å². The van der Waals surface area contributed by atoms with Crippen LogP contribution in [0.5, 0.6) is 5.88 Å². The summed E-state index contributed by atoms with van der Waals surface area (Å²) in [6, 6.07) is 0. The van der Waals surface area contributed by atoms with Gasteiger partial charge in [-0.1, -0.05) is 6.92 Å². The largest absolute Gasteiger partial charge is 0.481 e. The van der Waals surface area contributed by atoms with E-state index in [0.717, 1.165) is 17.7 Å². The molecule has 1 heterocycles. The number of aliphatic hydroxyl groups excluding tert-OH is 1. The average Bonchev–Trinajstić information content (AvgIpc) is 2.40. The number of aryl methyl sites for hydroxylation is 2. The van der Waals surface area contributed by atoms with Gasteiger partial charge in [-0.3, -0.25) is 0 Å². The Bertz CT molecular complexity index is 268. The number of methoxy groups -OCH3 is 1. The number of hydrogen-bond donors (Lipinski definition) is 1. The minimum atomic E-state index is -0.0137. The van der Waals surface area contributed by atoms with Crippen LogP contribution in [0.15, 0.2) is 0 Å². The third kappa shape index (κ3) is 1.30. The molecular formula is C8H14N2O2. The standard InChI is InChI=1S/C8H14N2O2/c1-4-7-6(5-11)8(12-3)10(2)9-7/h11H,4-5H2,1-3H3. The third-order valence-electron chi connectivity index (χ3n) is 1.86. The van der Waals surface area contributed by atoms with E-state index in [1.807, 2.05) is 6.92 Å². The van der Waals surface area contributed by atoms with Gasteiger partial charge >= 0.3 is 0 Å². The van der Waals surface area contributed by atoms with Gasteiger partial charge in [0.2, 0.25) is 5.88 Å². The summed E-state index contributed by atoms with van der Waals surface area (Å²) in [5.41, 5.74) is 1.69. The highest BCUT2D eigenvalue weighted by Crippen LogP contribution is 2.21. The Hall–Kier alpha value is -1.03. The molecule has 12 heavy (non-hydrogen) atoms. The highest BCUT2D eigenvalue weighted by molar-refractivity contribution is 5.30. The fraction of sp³-hybridized carbons (Fsp3) is 0.625. The van der Waals surface area contributed by atoms with Gasteiger partial charge < -0.3 is 9.84 Å². The molecule has 0 fully saturated rings. The molecule has 0 amide bonds. The molecule has 4 heteroatoms. The van der Waals surface area contributed by atoms with E-state index in [0.29, 0.717) is 5.88 Å². The Kier molecular flexibility index (Phi) is 2.70. The zero-order valence-electron chi connectivity index (χ0n) is 7.66. The molecule has 0 spiro atoms. The van der Waals surface area contributed by atoms with Crippen LogP contribution in [0.25, 0.3) is 0 Å². The van der Waals surface area contributed by atoms with E-state index in [2.05, 4.69) is 5.10 Å². The zero-order valence-corrected chi connectivity index (χ0v) is 7.66. The second kappa shape index (κ2) is 3.58. The molecule has 1 aromatic rings. The quantitative estimate of drug-likeness (QED) is 0.718. The Morgan fingerprint density at radius 1 is 1.58 bits per heavy atom. The van der Waals surface area contributed by atoms with Gasteiger partial charge in [0.05, 0.1) is 25.0 Å². The van der Waals surface area contributed by atoms with E-state index in [-0.39, 0.29) is 6.61 Å². The van der Waals surface area contributed by atoms with Crippen LogP contribution in [0, 0.1) is 0 Å². The Labute approximate surface area is 71.8 Å². The van der Waals surface area contributed by atoms with Crippen LogP contribution in [-0.4, -0.2) is 22.0 Å². The van der Waals surface area contributed by atoms with E-state index in [1.165, 1.54) is 0 Å². The van der Waals surface area contributed by atoms with Gasteiger partial charge in [-0.05, 0) is 6.42 Å². The maximum Gasteiger partial charge on any atom is 0.217 e. The molecule has 0 bridgehead atoms. The first-order chi connectivity index (χ1) is 5.74. The summed E-state index contributed by atoms with van der Waals surface area (Å²) in [4.78, 5) is 0. The first-order valence-electron chi connectivity index (χ1n) is 3.94. The summed E-state index contributed by atoms with van der Waals surface area (Å²) in [5.74, 6) is 0.648. The predicted octanol–water partition coefficient (Wildman–Crippen LogP) is 0.483. The first-order valence-corrected chi connectivity index (χ1v) is 3.94. The third-order valence-corrected chi connectivity index (χ3v) is 1.86. The van der Waals surface area contributed by atoms with Crippen molar-refractivity contribution in [2.75, 3.05) is 7.11 Å². The molecule has 1 N–H and O–H groups in total. The molecule has 1 rings (SSSR count). The maximum atomic E-state index is 9.04. The van der Waals surface area contributed by atoms with Gasteiger partial charge in [-0.25, -0.2) is 4.68 Å². The van der Waals surface area contributed by atoms with Gasteiger partial charge in [0.25, 0.3) is 0 Å². The van der Waals surface area contributed by atoms with Crippen molar-refractivity contribution in [1.29, 1.82) is 0 Å². The van der Waals surface area contributed by atoms with Crippen LogP contribution in [0.3, 0.4) is 0 Å². The van der Waals surface area contributed by atoms with Crippen molar-refractivity contribution < 1.29 is 9.84 Å². The smallest absolute Gasteiger partial charge is 0.217 e. The Balaban J connectivity index is 3.16. The lowest BCUT2D eigenvalue weighted by Crippen LogP contribution is -1.96. The van der Waals surface area contributed by atoms with Crippen molar-refractivity contribution >= 4 is 0 Å². The lowest BCUT2D eigenvalue weighted by molar-refractivity contribution is 0.270. The van der Waals surface area contributed by atoms with Crippen molar-refractivity contribution in [3.8, 4) is 5.88 Å². The Morgan fingerprint density at radius 3 is 2.67 bits per heavy atom. The van der Waals surface area contributed by atoms with E-state index in [1.54, 1.807) is 18.8 Å². The summed E-state index contributed by atoms with van der Waals surface area (Å²) in [6.45, 7) is 1.99. The summed E-state index contributed by atoms with van der Waals surface area (Å²) < 4.78 is 6.73. The van der Waals surface area contributed by atoms with Crippen molar-refractivity contribution in [3.63, 3.8) is 0 Å². The zero-order chi connectivity index (χ0) is 9.14. The minimum Gasteiger partial charge on any atom is -0.481 e. The van der Waals surface area contributed by atoms with Crippen LogP contribution in [0.2, 0.25) is 0 Å². The molecule has 0 saturated carbocycles. The lowest BCUT2D eigenvalue weighted by atomic mass is 10.2. The molecule has 0 radical (unpaired) electrons. The summed E-state index contributed by atoms with van der Waals surface area (Å²) in [5, 5.41) is 13.2. The van der Waals surface area contributed by atoms with Crippen LogP contribution < -0.4 is 4.74 Å². The van der Waals surface area contributed by atoms with Gasteiger partial charge in [0, 0.05) is 7.05 Å². The number of ether oxygens (including phenoxy) is 1. The molecule has 0 unspecified atom stereocenters. The van der Waals surface area contributed by atoms with E-state index >= 15 is 0 Å². The van der Waals surface area contributed by atoms with Crippen molar-refractivity contribution in [2.24, 2.45) is 7.05 Å². The van der Waals surface area contributed by atoms with Crippen LogP contribution >= 0.6 is 0 Å². The molecule has 1 aromatic heterocycles. The Morgan fingerprint density at radius 2 is 2.25 bits per heavy atom. The highest BCUT2D eigenvalue weighted by atomic mass is 16.5. The molecule has 0 saturated heterocycles. The van der Waals surface area contributed by atoms with Crippen molar-refractivity contribution in [3.05, 3.63) is 11.3 Å². The van der Waals surface area contributed by atoms with Gasteiger partial charge in [-0.2, -0.15) is 5.10 Å². The predicted molar refractivity (Wildman–Crippen MR) is 45.1 cm³/mol. The van der Waals surface area contributed by atoms with Crippen molar-refractivity contribution in [2.45, 2.75) is 20.0 Å². The number of aromatic nitrogens is 2. The van der Waals surface area contributed by atoms with Crippen LogP contribution in [0.4, 0.5) is 0 Å². The van der Waals surface area contributed by atoms with Crippen LogP contribution in [0.1, 0.15) is 18.2 Å². The second-order valence-corrected chi connectivity index (χ2v) is 2.57. The summed E-state index contributed by atoms with van der Waals surface area (Å²) in [6.07, 6.45) is 0.813. The molecule has 0 aliphatic heterocycles. The second-order valence-electron chi connectivity index (χ2n) is 2.57. The number of hydrogen-bond acceptors (Lipinski definition) is 3. The fourth-order valence-electron chi connectivity index (χ4n) is 1.30. The summed E-state index contributed by atoms with van der Waals surface area (Å²) >= 11 is 0. The minimum absolute atomic E-state index is 0.0137. The fourth-order valence-corrected chi connectivity index (χ4v) is 1.30. The topological polar surface area (TPSA) is 47.3 Å². The number of rotatable bonds is 3. The number of aliphatic hydroxyl groups is 1. The lowest BCUT2D eigenvalue weighted by Gasteiger charge is -2.01. The van der Waals surface area contributed by atoms with E-state index in [9.17, 15) is 0 Å². The van der Waals surface area contributed by atoms with Gasteiger partial charge in [0.15, 0.2) is 0 Å². The SMILES string of the molecule is CCc1nn(C)c(OC)c1CO. The highest BCUT2D eigenvalue weighted by Gasteiger charge is 2.13. The average molecular weight is 170 g/mol. The van der Waals surface area contributed by atoms with E-state index < -0.39 is 0 Å². The van der Waals surface area contributed by atoms with Gasteiger partial charge in [-0.15, -0.1) is 0 Å². The molecule has 68 valence electrons. The normalized spacial score (nSPS) is 10.3. The first kappa shape index (κ1) is 9.06. The van der Waals surface area contributed by atoms with Gasteiger partial charge in [0.1, 0.15) is 0 Å². The molecular weight excluding hydrogens is 156 g/mol. The van der Waals surface area contributed by atoms with Crippen molar-refractivity contribution in [1.82, 2.24) is 9.78 Å². The molecule has 0 aliphatic rings. The monoisotopic (exact) mass is 170 g/mol. The molecule has 0 aliphatic carbocycles.